The van der Waals surface area contributed by atoms with Gasteiger partial charge in [0.15, 0.2) is 0 Å². The molecule has 0 aromatic heterocycles. The van der Waals surface area contributed by atoms with Gasteiger partial charge in [-0.1, -0.05) is 17.7 Å². The van der Waals surface area contributed by atoms with Crippen LogP contribution in [0.3, 0.4) is 0 Å². The molecule has 1 unspecified atom stereocenters. The highest BCUT2D eigenvalue weighted by Crippen LogP contribution is 2.11. The van der Waals surface area contributed by atoms with Gasteiger partial charge in [-0.3, -0.25) is 4.79 Å². The number of unbranched alkanes of at least 4 members (excludes halogenated alkanes) is 1. The minimum atomic E-state index is 0.00445. The number of rotatable bonds is 8. The van der Waals surface area contributed by atoms with Crippen molar-refractivity contribution in [2.75, 3.05) is 12.5 Å². The van der Waals surface area contributed by atoms with Crippen molar-refractivity contribution < 1.29 is 9.53 Å². The molecule has 0 radical (unpaired) electrons. The summed E-state index contributed by atoms with van der Waals surface area (Å²) in [6.45, 7) is 4.45. The van der Waals surface area contributed by atoms with E-state index in [1.165, 1.54) is 5.56 Å². The highest BCUT2D eigenvalue weighted by molar-refractivity contribution is 6.17. The maximum Gasteiger partial charge on any atom is 0.220 e. The quantitative estimate of drug-likeness (QED) is 0.587. The molecular weight excluding hydrogens is 262 g/mol. The lowest BCUT2D eigenvalue weighted by Crippen LogP contribution is -2.36. The summed E-state index contributed by atoms with van der Waals surface area (Å²) in [5.41, 5.74) is 1.20. The monoisotopic (exact) mass is 283 g/mol. The molecule has 1 amide bonds. The van der Waals surface area contributed by atoms with Gasteiger partial charge in [0.1, 0.15) is 12.4 Å². The number of nitrogens with one attached hydrogen (secondary N) is 1. The third kappa shape index (κ3) is 7.06. The molecule has 4 heteroatoms. The Hall–Kier alpha value is -1.22. The van der Waals surface area contributed by atoms with Gasteiger partial charge in [0.05, 0.1) is 6.04 Å². The van der Waals surface area contributed by atoms with Crippen molar-refractivity contribution in [3.63, 3.8) is 0 Å². The molecule has 0 aliphatic heterocycles. The fourth-order valence-corrected chi connectivity index (χ4v) is 1.81. The van der Waals surface area contributed by atoms with Crippen LogP contribution in [0.4, 0.5) is 0 Å². The largest absolute Gasteiger partial charge is 0.491 e. The van der Waals surface area contributed by atoms with E-state index in [0.717, 1.165) is 18.6 Å². The smallest absolute Gasteiger partial charge is 0.220 e. The topological polar surface area (TPSA) is 38.3 Å². The molecule has 0 heterocycles. The van der Waals surface area contributed by atoms with Crippen LogP contribution >= 0.6 is 11.6 Å². The van der Waals surface area contributed by atoms with E-state index in [1.54, 1.807) is 0 Å². The minimum absolute atomic E-state index is 0.00445. The predicted octanol–water partition coefficient (Wildman–Crippen LogP) is 3.29. The van der Waals surface area contributed by atoms with Gasteiger partial charge < -0.3 is 10.1 Å². The standard InChI is InChI=1S/C15H22ClNO2/c1-12-6-8-14(9-7-12)19-11-13(2)17-15(18)5-3-4-10-16/h6-9,13H,3-5,10-11H2,1-2H3,(H,17,18). The van der Waals surface area contributed by atoms with Crippen LogP contribution in [-0.4, -0.2) is 24.4 Å². The van der Waals surface area contributed by atoms with Gasteiger partial charge in [0.2, 0.25) is 5.91 Å². The molecule has 0 saturated heterocycles. The Balaban J connectivity index is 2.21. The van der Waals surface area contributed by atoms with E-state index in [2.05, 4.69) is 5.32 Å². The van der Waals surface area contributed by atoms with Gasteiger partial charge in [0, 0.05) is 12.3 Å². The van der Waals surface area contributed by atoms with Crippen LogP contribution in [0.1, 0.15) is 31.7 Å². The molecule has 0 aliphatic rings. The van der Waals surface area contributed by atoms with Crippen molar-refractivity contribution in [1.29, 1.82) is 0 Å². The Kier molecular flexibility index (Phi) is 7.34. The van der Waals surface area contributed by atoms with E-state index < -0.39 is 0 Å². The Morgan fingerprint density at radius 2 is 2.00 bits per heavy atom. The molecule has 0 fully saturated rings. The van der Waals surface area contributed by atoms with E-state index in [-0.39, 0.29) is 11.9 Å². The molecule has 1 aromatic carbocycles. The van der Waals surface area contributed by atoms with E-state index in [4.69, 9.17) is 16.3 Å². The maximum atomic E-state index is 11.6. The zero-order chi connectivity index (χ0) is 14.1. The second kappa shape index (κ2) is 8.81. The molecule has 19 heavy (non-hydrogen) atoms. The lowest BCUT2D eigenvalue weighted by Gasteiger charge is -2.15. The number of hydrogen-bond acceptors (Lipinski definition) is 2. The highest BCUT2D eigenvalue weighted by atomic mass is 35.5. The van der Waals surface area contributed by atoms with Crippen molar-refractivity contribution >= 4 is 17.5 Å². The van der Waals surface area contributed by atoms with Crippen molar-refractivity contribution in [1.82, 2.24) is 5.32 Å². The molecular formula is C15H22ClNO2. The van der Waals surface area contributed by atoms with Gasteiger partial charge >= 0.3 is 0 Å². The maximum absolute atomic E-state index is 11.6. The number of hydrogen-bond donors (Lipinski definition) is 1. The second-order valence-electron chi connectivity index (χ2n) is 4.74. The van der Waals surface area contributed by atoms with Gasteiger partial charge in [0.25, 0.3) is 0 Å². The Labute approximate surface area is 120 Å². The van der Waals surface area contributed by atoms with Gasteiger partial charge in [-0.15, -0.1) is 11.6 Å². The number of ether oxygens (including phenoxy) is 1. The zero-order valence-electron chi connectivity index (χ0n) is 11.6. The van der Waals surface area contributed by atoms with Crippen molar-refractivity contribution in [2.24, 2.45) is 0 Å². The number of benzene rings is 1. The Morgan fingerprint density at radius 1 is 1.32 bits per heavy atom. The molecule has 1 atom stereocenters. The minimum Gasteiger partial charge on any atom is -0.491 e. The van der Waals surface area contributed by atoms with Crippen LogP contribution in [0.5, 0.6) is 5.75 Å². The number of amides is 1. The van der Waals surface area contributed by atoms with Crippen LogP contribution in [0, 0.1) is 6.92 Å². The Morgan fingerprint density at radius 3 is 2.63 bits per heavy atom. The fourth-order valence-electron chi connectivity index (χ4n) is 1.62. The highest BCUT2D eigenvalue weighted by Gasteiger charge is 2.07. The van der Waals surface area contributed by atoms with Crippen LogP contribution in [0.2, 0.25) is 0 Å². The third-order valence-corrected chi connectivity index (χ3v) is 2.98. The third-order valence-electron chi connectivity index (χ3n) is 2.72. The molecule has 0 saturated carbocycles. The molecule has 1 rings (SSSR count). The summed E-state index contributed by atoms with van der Waals surface area (Å²) >= 11 is 5.57. The van der Waals surface area contributed by atoms with Crippen molar-refractivity contribution in [3.8, 4) is 5.75 Å². The molecule has 3 nitrogen and oxygen atoms in total. The lowest BCUT2D eigenvalue weighted by atomic mass is 10.2. The van der Waals surface area contributed by atoms with Gasteiger partial charge in [-0.2, -0.15) is 0 Å². The van der Waals surface area contributed by atoms with Crippen LogP contribution in [0.25, 0.3) is 0 Å². The summed E-state index contributed by atoms with van der Waals surface area (Å²) in [7, 11) is 0. The fraction of sp³-hybridized carbons (Fsp3) is 0.533. The summed E-state index contributed by atoms with van der Waals surface area (Å²) in [5.74, 6) is 1.50. The van der Waals surface area contributed by atoms with Crippen molar-refractivity contribution in [3.05, 3.63) is 29.8 Å². The molecule has 1 N–H and O–H groups in total. The van der Waals surface area contributed by atoms with Crippen LogP contribution < -0.4 is 10.1 Å². The SMILES string of the molecule is Cc1ccc(OCC(C)NC(=O)CCCCCl)cc1. The molecule has 1 aromatic rings. The van der Waals surface area contributed by atoms with E-state index in [0.29, 0.717) is 18.9 Å². The molecule has 106 valence electrons. The number of carbonyl (C=O) groups is 1. The number of aryl methyl sites for hydroxylation is 1. The first-order chi connectivity index (χ1) is 9.11. The van der Waals surface area contributed by atoms with Crippen LogP contribution in [-0.2, 0) is 4.79 Å². The predicted molar refractivity (Wildman–Crippen MR) is 78.8 cm³/mol. The summed E-state index contributed by atoms with van der Waals surface area (Å²) in [4.78, 5) is 11.6. The van der Waals surface area contributed by atoms with E-state index in [9.17, 15) is 4.79 Å². The molecule has 0 bridgehead atoms. The van der Waals surface area contributed by atoms with Crippen LogP contribution in [0.15, 0.2) is 24.3 Å². The first-order valence-corrected chi connectivity index (χ1v) is 7.20. The zero-order valence-corrected chi connectivity index (χ0v) is 12.4. The number of carbonyl (C=O) groups excluding carboxylic acids is 1. The Bertz CT molecular complexity index is 378. The average molecular weight is 284 g/mol. The summed E-state index contributed by atoms with van der Waals surface area (Å²) in [6, 6.07) is 7.88. The second-order valence-corrected chi connectivity index (χ2v) is 5.12. The van der Waals surface area contributed by atoms with E-state index in [1.807, 2.05) is 38.1 Å². The number of alkyl halides is 1. The van der Waals surface area contributed by atoms with Gasteiger partial charge in [-0.25, -0.2) is 0 Å². The van der Waals surface area contributed by atoms with Crippen molar-refractivity contribution in [2.45, 2.75) is 39.2 Å². The summed E-state index contributed by atoms with van der Waals surface area (Å²) in [5, 5.41) is 2.91. The first kappa shape index (κ1) is 15.8. The van der Waals surface area contributed by atoms with E-state index >= 15 is 0 Å². The number of halogens is 1. The van der Waals surface area contributed by atoms with Gasteiger partial charge in [-0.05, 0) is 38.8 Å². The molecule has 0 aliphatic carbocycles. The normalized spacial score (nSPS) is 11.9. The summed E-state index contributed by atoms with van der Waals surface area (Å²) in [6.07, 6.45) is 2.24. The lowest BCUT2D eigenvalue weighted by molar-refractivity contribution is -0.122. The first-order valence-electron chi connectivity index (χ1n) is 6.66. The average Bonchev–Trinajstić information content (AvgIpc) is 2.38. The summed E-state index contributed by atoms with van der Waals surface area (Å²) < 4.78 is 5.61. The molecule has 0 spiro atoms.